The molecule has 3 nitrogen and oxygen atoms in total. The van der Waals surface area contributed by atoms with E-state index in [1.807, 2.05) is 0 Å². The number of unbranched alkanes of at least 4 members (excludes halogenated alkanes) is 7. The normalized spacial score (nSPS) is 10.7. The van der Waals surface area contributed by atoms with Crippen LogP contribution in [0.2, 0.25) is 0 Å². The van der Waals surface area contributed by atoms with Crippen LogP contribution in [0.1, 0.15) is 62.5 Å². The van der Waals surface area contributed by atoms with Gasteiger partial charge >= 0.3 is 0 Å². The van der Waals surface area contributed by atoms with E-state index in [9.17, 15) is 0 Å². The Morgan fingerprint density at radius 3 is 1.82 bits per heavy atom. The average Bonchev–Trinajstić information content (AvgIpc) is 2.54. The van der Waals surface area contributed by atoms with Gasteiger partial charge in [-0.15, -0.1) is 0 Å². The second-order valence-electron chi connectivity index (χ2n) is 5.94. The first-order chi connectivity index (χ1) is 10.7. The highest BCUT2D eigenvalue weighted by Gasteiger charge is 2.08. The van der Waals surface area contributed by atoms with Crippen LogP contribution in [0.25, 0.3) is 0 Å². The molecule has 0 radical (unpaired) electrons. The Hall–Kier alpha value is -1.22. The molecule has 0 aliphatic carbocycles. The Kier molecular flexibility index (Phi) is 9.72. The highest BCUT2D eigenvalue weighted by Crippen LogP contribution is 2.31. The molecule has 0 unspecified atom stereocenters. The van der Waals surface area contributed by atoms with Crippen molar-refractivity contribution in [1.82, 2.24) is 0 Å². The maximum atomic E-state index is 8.72. The van der Waals surface area contributed by atoms with Gasteiger partial charge in [-0.25, -0.2) is 0 Å². The molecular weight excluding hydrogens is 276 g/mol. The zero-order chi connectivity index (χ0) is 16.2. The first-order valence-corrected chi connectivity index (χ1v) is 8.55. The number of hydrogen-bond donors (Lipinski definition) is 1. The number of rotatable bonds is 12. The minimum atomic E-state index is 0.338. The smallest absolute Gasteiger partial charge is 0.161 e. The van der Waals surface area contributed by atoms with E-state index in [4.69, 9.17) is 14.6 Å². The highest BCUT2D eigenvalue weighted by atomic mass is 16.5. The van der Waals surface area contributed by atoms with Gasteiger partial charge in [0.1, 0.15) is 0 Å². The van der Waals surface area contributed by atoms with Crippen LogP contribution in [0.3, 0.4) is 0 Å². The van der Waals surface area contributed by atoms with Crippen LogP contribution in [-0.4, -0.2) is 25.9 Å². The lowest BCUT2D eigenvalue weighted by Crippen LogP contribution is -1.96. The fourth-order valence-electron chi connectivity index (χ4n) is 2.78. The number of ether oxygens (including phenoxy) is 2. The van der Waals surface area contributed by atoms with Crippen LogP contribution in [0.15, 0.2) is 12.1 Å². The van der Waals surface area contributed by atoms with Gasteiger partial charge in [-0.1, -0.05) is 38.5 Å². The predicted molar refractivity (Wildman–Crippen MR) is 92.0 cm³/mol. The molecule has 3 heteroatoms. The summed E-state index contributed by atoms with van der Waals surface area (Å²) < 4.78 is 10.7. The molecule has 126 valence electrons. The van der Waals surface area contributed by atoms with Crippen LogP contribution >= 0.6 is 0 Å². The number of aryl methyl sites for hydroxylation is 2. The van der Waals surface area contributed by atoms with E-state index in [1.54, 1.807) is 14.2 Å². The van der Waals surface area contributed by atoms with E-state index in [2.05, 4.69) is 19.1 Å². The quantitative estimate of drug-likeness (QED) is 0.570. The molecule has 0 aliphatic rings. The molecule has 0 spiro atoms. The van der Waals surface area contributed by atoms with Gasteiger partial charge < -0.3 is 14.6 Å². The van der Waals surface area contributed by atoms with E-state index in [-0.39, 0.29) is 0 Å². The van der Waals surface area contributed by atoms with Crippen molar-refractivity contribution in [1.29, 1.82) is 0 Å². The molecule has 1 aromatic carbocycles. The van der Waals surface area contributed by atoms with Gasteiger partial charge in [0.05, 0.1) is 14.2 Å². The lowest BCUT2D eigenvalue weighted by atomic mass is 10.00. The van der Waals surface area contributed by atoms with Crippen molar-refractivity contribution >= 4 is 0 Å². The van der Waals surface area contributed by atoms with Gasteiger partial charge in [-0.05, 0) is 49.4 Å². The molecular formula is C19H32O3. The molecule has 1 N–H and O–H groups in total. The first kappa shape index (κ1) is 18.8. The largest absolute Gasteiger partial charge is 0.493 e. The Morgan fingerprint density at radius 1 is 0.773 bits per heavy atom. The molecule has 0 saturated carbocycles. The fourth-order valence-corrected chi connectivity index (χ4v) is 2.78. The van der Waals surface area contributed by atoms with Gasteiger partial charge in [0.2, 0.25) is 0 Å². The molecule has 0 fully saturated rings. The van der Waals surface area contributed by atoms with Gasteiger partial charge in [0.25, 0.3) is 0 Å². The van der Waals surface area contributed by atoms with Crippen LogP contribution in [0.5, 0.6) is 11.5 Å². The van der Waals surface area contributed by atoms with E-state index in [0.29, 0.717) is 6.61 Å². The number of hydrogen-bond acceptors (Lipinski definition) is 3. The van der Waals surface area contributed by atoms with E-state index in [1.165, 1.54) is 56.1 Å². The third kappa shape index (κ3) is 6.69. The van der Waals surface area contributed by atoms with Gasteiger partial charge in [0, 0.05) is 6.61 Å². The standard InChI is InChI=1S/C19H32O3/c1-16-14-18(21-2)19(22-3)15-17(16)12-10-8-6-4-5-7-9-11-13-20/h14-15,20H,4-13H2,1-3H3. The number of aliphatic hydroxyl groups is 1. The summed E-state index contributed by atoms with van der Waals surface area (Å²) in [5, 5.41) is 8.72. The lowest BCUT2D eigenvalue weighted by Gasteiger charge is -2.12. The summed E-state index contributed by atoms with van der Waals surface area (Å²) >= 11 is 0. The Labute approximate surface area is 135 Å². The second-order valence-corrected chi connectivity index (χ2v) is 5.94. The highest BCUT2D eigenvalue weighted by molar-refractivity contribution is 5.47. The second kappa shape index (κ2) is 11.4. The zero-order valence-corrected chi connectivity index (χ0v) is 14.5. The van der Waals surface area contributed by atoms with E-state index < -0.39 is 0 Å². The number of aliphatic hydroxyl groups excluding tert-OH is 1. The van der Waals surface area contributed by atoms with Crippen molar-refractivity contribution < 1.29 is 14.6 Å². The maximum Gasteiger partial charge on any atom is 0.161 e. The monoisotopic (exact) mass is 308 g/mol. The number of benzene rings is 1. The molecule has 0 heterocycles. The molecule has 1 aromatic rings. The molecule has 0 atom stereocenters. The minimum absolute atomic E-state index is 0.338. The molecule has 0 aromatic heterocycles. The molecule has 1 rings (SSSR count). The summed E-state index contributed by atoms with van der Waals surface area (Å²) in [4.78, 5) is 0. The Morgan fingerprint density at radius 2 is 1.27 bits per heavy atom. The first-order valence-electron chi connectivity index (χ1n) is 8.55. The maximum absolute atomic E-state index is 8.72. The van der Waals surface area contributed by atoms with Gasteiger partial charge in [-0.3, -0.25) is 0 Å². The fraction of sp³-hybridized carbons (Fsp3) is 0.684. The summed E-state index contributed by atoms with van der Waals surface area (Å²) in [6.07, 6.45) is 10.9. The Bertz CT molecular complexity index is 415. The SMILES string of the molecule is COc1cc(C)c(CCCCCCCCCCO)cc1OC. The summed E-state index contributed by atoms with van der Waals surface area (Å²) in [5.41, 5.74) is 2.64. The molecule has 0 bridgehead atoms. The molecule has 0 saturated heterocycles. The molecule has 22 heavy (non-hydrogen) atoms. The van der Waals surface area contributed by atoms with E-state index >= 15 is 0 Å². The van der Waals surface area contributed by atoms with Gasteiger partial charge in [0.15, 0.2) is 11.5 Å². The molecule has 0 amide bonds. The third-order valence-corrected chi connectivity index (χ3v) is 4.20. The van der Waals surface area contributed by atoms with Crippen molar-refractivity contribution in [2.24, 2.45) is 0 Å². The zero-order valence-electron chi connectivity index (χ0n) is 14.5. The van der Waals surface area contributed by atoms with Crippen molar-refractivity contribution in [3.05, 3.63) is 23.3 Å². The lowest BCUT2D eigenvalue weighted by molar-refractivity contribution is 0.282. The van der Waals surface area contributed by atoms with Crippen molar-refractivity contribution in [2.45, 2.75) is 64.7 Å². The van der Waals surface area contributed by atoms with E-state index in [0.717, 1.165) is 24.3 Å². The van der Waals surface area contributed by atoms with Crippen molar-refractivity contribution in [3.63, 3.8) is 0 Å². The Balaban J connectivity index is 2.24. The third-order valence-electron chi connectivity index (χ3n) is 4.20. The van der Waals surface area contributed by atoms with Crippen LogP contribution < -0.4 is 9.47 Å². The van der Waals surface area contributed by atoms with Crippen LogP contribution in [0.4, 0.5) is 0 Å². The summed E-state index contributed by atoms with van der Waals surface area (Å²) in [5.74, 6) is 1.64. The summed E-state index contributed by atoms with van der Waals surface area (Å²) in [6, 6.07) is 4.18. The number of methoxy groups -OCH3 is 2. The summed E-state index contributed by atoms with van der Waals surface area (Å²) in [7, 11) is 3.37. The van der Waals surface area contributed by atoms with Crippen molar-refractivity contribution in [2.75, 3.05) is 20.8 Å². The van der Waals surface area contributed by atoms with Crippen molar-refractivity contribution in [3.8, 4) is 11.5 Å². The van der Waals surface area contributed by atoms with Crippen LogP contribution in [0, 0.1) is 6.92 Å². The minimum Gasteiger partial charge on any atom is -0.493 e. The molecule has 0 aliphatic heterocycles. The van der Waals surface area contributed by atoms with Gasteiger partial charge in [-0.2, -0.15) is 0 Å². The topological polar surface area (TPSA) is 38.7 Å². The summed E-state index contributed by atoms with van der Waals surface area (Å²) in [6.45, 7) is 2.48. The predicted octanol–water partition coefficient (Wildman–Crippen LogP) is 4.67. The van der Waals surface area contributed by atoms with Crippen LogP contribution in [-0.2, 0) is 6.42 Å². The average molecular weight is 308 g/mol.